The number of carbonyl (C=O) groups is 1. The van der Waals surface area contributed by atoms with Gasteiger partial charge in [0, 0.05) is 16.5 Å². The number of para-hydroxylation sites is 1. The van der Waals surface area contributed by atoms with E-state index in [1.807, 2.05) is 12.1 Å². The van der Waals surface area contributed by atoms with Crippen molar-refractivity contribution in [2.45, 2.75) is 42.3 Å². The summed E-state index contributed by atoms with van der Waals surface area (Å²) in [6, 6.07) is 13.9. The summed E-state index contributed by atoms with van der Waals surface area (Å²) in [7, 11) is 0. The van der Waals surface area contributed by atoms with Crippen molar-refractivity contribution in [3.8, 4) is 0 Å². The summed E-state index contributed by atoms with van der Waals surface area (Å²) in [6.45, 7) is 6.16. The molecule has 0 saturated carbocycles. The van der Waals surface area contributed by atoms with E-state index in [1.54, 1.807) is 30.3 Å². The van der Waals surface area contributed by atoms with Crippen molar-refractivity contribution in [2.24, 2.45) is 0 Å². The normalized spacial score (nSPS) is 11.8. The highest BCUT2D eigenvalue weighted by molar-refractivity contribution is 7.99. The number of aromatic nitrogens is 1. The first kappa shape index (κ1) is 24.2. The number of hydrogen-bond acceptors (Lipinski definition) is 5. The molecule has 0 spiro atoms. The lowest BCUT2D eigenvalue weighted by Gasteiger charge is -2.19. The molecule has 1 N–H and O–H groups in total. The van der Waals surface area contributed by atoms with Gasteiger partial charge >= 0.3 is 6.18 Å². The second-order valence-electron chi connectivity index (χ2n) is 8.18. The molecule has 0 radical (unpaired) electrons. The Morgan fingerprint density at radius 3 is 2.27 bits per heavy atom. The van der Waals surface area contributed by atoms with Crippen molar-refractivity contribution in [3.63, 3.8) is 0 Å². The molecule has 10 heteroatoms. The molecule has 0 aliphatic carbocycles. The van der Waals surface area contributed by atoms with Gasteiger partial charge in [-0.3, -0.25) is 14.9 Å². The zero-order valence-electron chi connectivity index (χ0n) is 17.9. The molecule has 2 aromatic carbocycles. The highest BCUT2D eigenvalue weighted by Gasteiger charge is 2.36. The van der Waals surface area contributed by atoms with E-state index in [4.69, 9.17) is 0 Å². The standard InChI is InChI=1S/C23H20F3N3O3S/c1-22(2,3)15-10-8-14(9-11-15)20(30)28-18-6-4-5-7-19(18)33-21-17(23(24,25)26)12-16(13-27-21)29(31)32/h4-13H,1-3H3,(H,28,30). The maximum atomic E-state index is 13.5. The summed E-state index contributed by atoms with van der Waals surface area (Å²) < 4.78 is 40.5. The SMILES string of the molecule is CC(C)(C)c1ccc(C(=O)Nc2ccccc2Sc2ncc([N+](=O)[O-])cc2C(F)(F)F)cc1. The minimum atomic E-state index is -4.84. The molecule has 172 valence electrons. The first-order valence-corrected chi connectivity index (χ1v) is 10.6. The van der Waals surface area contributed by atoms with Crippen LogP contribution < -0.4 is 5.32 Å². The number of amides is 1. The van der Waals surface area contributed by atoms with Crippen LogP contribution in [0.15, 0.2) is 70.7 Å². The van der Waals surface area contributed by atoms with E-state index in [0.717, 1.165) is 11.8 Å². The van der Waals surface area contributed by atoms with Crippen molar-refractivity contribution in [2.75, 3.05) is 5.32 Å². The van der Waals surface area contributed by atoms with Crippen LogP contribution in [0.1, 0.15) is 42.3 Å². The van der Waals surface area contributed by atoms with Gasteiger partial charge in [0.25, 0.3) is 11.6 Å². The van der Waals surface area contributed by atoms with E-state index in [0.29, 0.717) is 34.0 Å². The molecule has 0 aliphatic heterocycles. The molecule has 33 heavy (non-hydrogen) atoms. The summed E-state index contributed by atoms with van der Waals surface area (Å²) in [5.74, 6) is -0.420. The van der Waals surface area contributed by atoms with Crippen LogP contribution in [-0.2, 0) is 11.6 Å². The van der Waals surface area contributed by atoms with Gasteiger partial charge in [-0.05, 0) is 35.2 Å². The van der Waals surface area contributed by atoms with Crippen molar-refractivity contribution in [3.05, 3.63) is 87.6 Å². The number of carbonyl (C=O) groups excluding carboxylic acids is 1. The molecule has 1 heterocycles. The summed E-state index contributed by atoms with van der Waals surface area (Å²) in [6.07, 6.45) is -4.07. The maximum Gasteiger partial charge on any atom is 0.419 e. The molecule has 3 rings (SSSR count). The van der Waals surface area contributed by atoms with E-state index in [-0.39, 0.29) is 5.41 Å². The van der Waals surface area contributed by atoms with E-state index in [9.17, 15) is 28.1 Å². The van der Waals surface area contributed by atoms with Gasteiger partial charge in [-0.1, -0.05) is 56.8 Å². The summed E-state index contributed by atoms with van der Waals surface area (Å²) >= 11 is 0.663. The van der Waals surface area contributed by atoms with E-state index < -0.39 is 33.3 Å². The number of benzene rings is 2. The van der Waals surface area contributed by atoms with Crippen molar-refractivity contribution >= 4 is 29.0 Å². The quantitative estimate of drug-likeness (QED) is 0.327. The lowest BCUT2D eigenvalue weighted by atomic mass is 9.87. The second-order valence-corrected chi connectivity index (χ2v) is 9.21. The molecule has 3 aromatic rings. The zero-order valence-corrected chi connectivity index (χ0v) is 18.8. The average molecular weight is 475 g/mol. The summed E-state index contributed by atoms with van der Waals surface area (Å²) in [4.78, 5) is 26.7. The number of nitrogens with one attached hydrogen (secondary N) is 1. The number of halogens is 3. The Morgan fingerprint density at radius 1 is 1.06 bits per heavy atom. The molecule has 0 bridgehead atoms. The minimum Gasteiger partial charge on any atom is -0.321 e. The van der Waals surface area contributed by atoms with Gasteiger partial charge in [0.15, 0.2) is 0 Å². The van der Waals surface area contributed by atoms with Crippen LogP contribution in [0.2, 0.25) is 0 Å². The first-order chi connectivity index (χ1) is 15.4. The van der Waals surface area contributed by atoms with Gasteiger partial charge in [-0.15, -0.1) is 0 Å². The Balaban J connectivity index is 1.89. The van der Waals surface area contributed by atoms with Gasteiger partial charge in [0.05, 0.1) is 16.2 Å². The van der Waals surface area contributed by atoms with Crippen LogP contribution in [0.3, 0.4) is 0 Å². The molecule has 1 amide bonds. The molecule has 6 nitrogen and oxygen atoms in total. The molecule has 0 unspecified atom stereocenters. The van der Waals surface area contributed by atoms with Gasteiger partial charge < -0.3 is 5.32 Å². The lowest BCUT2D eigenvalue weighted by molar-refractivity contribution is -0.385. The van der Waals surface area contributed by atoms with Crippen LogP contribution in [0, 0.1) is 10.1 Å². The topological polar surface area (TPSA) is 85.1 Å². The second kappa shape index (κ2) is 9.22. The molecular weight excluding hydrogens is 455 g/mol. The maximum absolute atomic E-state index is 13.5. The molecule has 0 fully saturated rings. The molecule has 1 aromatic heterocycles. The van der Waals surface area contributed by atoms with Gasteiger partial charge in [-0.25, -0.2) is 4.98 Å². The Kier molecular flexibility index (Phi) is 6.78. The number of rotatable bonds is 5. The van der Waals surface area contributed by atoms with Gasteiger partial charge in [-0.2, -0.15) is 13.2 Å². The summed E-state index contributed by atoms with van der Waals surface area (Å²) in [5, 5.41) is 13.1. The fraction of sp³-hybridized carbons (Fsp3) is 0.217. The predicted molar refractivity (Wildman–Crippen MR) is 120 cm³/mol. The number of hydrogen-bond donors (Lipinski definition) is 1. The Morgan fingerprint density at radius 2 is 1.70 bits per heavy atom. The third kappa shape index (κ3) is 5.89. The molecular formula is C23H20F3N3O3S. The number of pyridine rings is 1. The zero-order chi connectivity index (χ0) is 24.4. The number of nitrogens with zero attached hydrogens (tertiary/aromatic N) is 2. The third-order valence-electron chi connectivity index (χ3n) is 4.71. The van der Waals surface area contributed by atoms with Crippen LogP contribution in [-0.4, -0.2) is 15.8 Å². The van der Waals surface area contributed by atoms with E-state index in [2.05, 4.69) is 31.1 Å². The van der Waals surface area contributed by atoms with Crippen LogP contribution in [0.25, 0.3) is 0 Å². The van der Waals surface area contributed by atoms with Crippen LogP contribution >= 0.6 is 11.8 Å². The monoisotopic (exact) mass is 475 g/mol. The number of anilines is 1. The highest BCUT2D eigenvalue weighted by atomic mass is 32.2. The predicted octanol–water partition coefficient (Wildman–Crippen LogP) is 6.71. The highest BCUT2D eigenvalue weighted by Crippen LogP contribution is 2.41. The van der Waals surface area contributed by atoms with Crippen LogP contribution in [0.5, 0.6) is 0 Å². The van der Waals surface area contributed by atoms with Gasteiger partial charge in [0.2, 0.25) is 0 Å². The fourth-order valence-corrected chi connectivity index (χ4v) is 3.88. The Bertz CT molecular complexity index is 1190. The fourth-order valence-electron chi connectivity index (χ4n) is 2.90. The Labute approximate surface area is 192 Å². The Hall–Kier alpha value is -3.40. The van der Waals surface area contributed by atoms with Crippen molar-refractivity contribution in [1.29, 1.82) is 0 Å². The smallest absolute Gasteiger partial charge is 0.321 e. The molecule has 0 aliphatic rings. The average Bonchev–Trinajstić information content (AvgIpc) is 2.74. The van der Waals surface area contributed by atoms with Crippen molar-refractivity contribution < 1.29 is 22.9 Å². The largest absolute Gasteiger partial charge is 0.419 e. The minimum absolute atomic E-state index is 0.0772. The summed E-state index contributed by atoms with van der Waals surface area (Å²) in [5.41, 5.74) is -0.314. The third-order valence-corrected chi connectivity index (χ3v) is 5.80. The van der Waals surface area contributed by atoms with E-state index >= 15 is 0 Å². The molecule has 0 saturated heterocycles. The molecule has 0 atom stereocenters. The number of nitro groups is 1. The first-order valence-electron chi connectivity index (χ1n) is 9.76. The van der Waals surface area contributed by atoms with Crippen molar-refractivity contribution in [1.82, 2.24) is 4.98 Å². The lowest BCUT2D eigenvalue weighted by Crippen LogP contribution is -2.14. The van der Waals surface area contributed by atoms with Gasteiger partial charge in [0.1, 0.15) is 11.2 Å². The number of alkyl halides is 3. The van der Waals surface area contributed by atoms with E-state index in [1.165, 1.54) is 6.07 Å². The van der Waals surface area contributed by atoms with Crippen LogP contribution in [0.4, 0.5) is 24.5 Å².